The van der Waals surface area contributed by atoms with Crippen molar-refractivity contribution in [1.29, 1.82) is 0 Å². The van der Waals surface area contributed by atoms with Crippen LogP contribution in [-0.4, -0.2) is 43.6 Å². The number of rotatable bonds is 2. The number of hydrogen-bond acceptors (Lipinski definition) is 3. The van der Waals surface area contributed by atoms with Crippen LogP contribution in [0.15, 0.2) is 12.1 Å². The first-order valence-electron chi connectivity index (χ1n) is 7.82. The van der Waals surface area contributed by atoms with Crippen LogP contribution < -0.4 is 5.32 Å². The largest absolute Gasteiger partial charge is 0.370 e. The minimum Gasteiger partial charge on any atom is -0.370 e. The van der Waals surface area contributed by atoms with Crippen LogP contribution in [0.5, 0.6) is 0 Å². The number of morpholine rings is 1. The quantitative estimate of drug-likeness (QED) is 0.777. The van der Waals surface area contributed by atoms with Gasteiger partial charge in [0, 0.05) is 23.0 Å². The number of piperidine rings is 1. The first-order chi connectivity index (χ1) is 11.1. The summed E-state index contributed by atoms with van der Waals surface area (Å²) >= 11 is 11.9. The van der Waals surface area contributed by atoms with Crippen molar-refractivity contribution >= 4 is 41.5 Å². The molecule has 1 aromatic rings. The van der Waals surface area contributed by atoms with Gasteiger partial charge in [0.2, 0.25) is 5.91 Å². The minimum absolute atomic E-state index is 0. The predicted molar refractivity (Wildman–Crippen MR) is 94.5 cm³/mol. The molecule has 24 heavy (non-hydrogen) atoms. The van der Waals surface area contributed by atoms with Crippen LogP contribution in [0.1, 0.15) is 24.5 Å². The number of benzene rings is 1. The number of carbonyl (C=O) groups is 1. The fourth-order valence-electron chi connectivity index (χ4n) is 3.15. The number of hydrogen-bond donors (Lipinski definition) is 1. The molecule has 2 heterocycles. The molecule has 3 rings (SSSR count). The van der Waals surface area contributed by atoms with E-state index in [0.29, 0.717) is 30.3 Å². The molecule has 0 bridgehead atoms. The van der Waals surface area contributed by atoms with Gasteiger partial charge in [-0.2, -0.15) is 0 Å². The molecule has 1 unspecified atom stereocenters. The van der Waals surface area contributed by atoms with E-state index in [4.69, 9.17) is 27.9 Å². The van der Waals surface area contributed by atoms with Gasteiger partial charge in [0.05, 0.1) is 18.2 Å². The van der Waals surface area contributed by atoms with E-state index >= 15 is 0 Å². The third-order valence-corrected chi connectivity index (χ3v) is 5.07. The van der Waals surface area contributed by atoms with Crippen LogP contribution in [0.3, 0.4) is 0 Å². The van der Waals surface area contributed by atoms with E-state index in [1.54, 1.807) is 0 Å². The van der Waals surface area contributed by atoms with E-state index in [1.165, 1.54) is 12.1 Å². The van der Waals surface area contributed by atoms with Gasteiger partial charge in [-0.05, 0) is 38.1 Å². The van der Waals surface area contributed by atoms with Gasteiger partial charge < -0.3 is 15.0 Å². The smallest absolute Gasteiger partial charge is 0.225 e. The molecule has 8 heteroatoms. The third-order valence-electron chi connectivity index (χ3n) is 4.45. The van der Waals surface area contributed by atoms with Crippen LogP contribution in [0, 0.1) is 11.7 Å². The molecule has 0 spiro atoms. The molecule has 0 saturated carbocycles. The highest BCUT2D eigenvalue weighted by Gasteiger charge is 2.31. The van der Waals surface area contributed by atoms with E-state index in [0.717, 1.165) is 25.9 Å². The molecule has 0 aliphatic carbocycles. The van der Waals surface area contributed by atoms with Crippen molar-refractivity contribution in [2.75, 3.05) is 32.8 Å². The second-order valence-electron chi connectivity index (χ2n) is 5.96. The van der Waals surface area contributed by atoms with Gasteiger partial charge in [0.1, 0.15) is 11.9 Å². The number of halogens is 4. The summed E-state index contributed by atoms with van der Waals surface area (Å²) in [6.07, 6.45) is 1.29. The molecule has 0 aromatic heterocycles. The van der Waals surface area contributed by atoms with Crippen molar-refractivity contribution in [2.24, 2.45) is 5.92 Å². The van der Waals surface area contributed by atoms with E-state index in [9.17, 15) is 9.18 Å². The predicted octanol–water partition coefficient (Wildman–Crippen LogP) is 3.45. The maximum Gasteiger partial charge on any atom is 0.225 e. The fourth-order valence-corrected chi connectivity index (χ4v) is 3.65. The highest BCUT2D eigenvalue weighted by molar-refractivity contribution is 6.35. The van der Waals surface area contributed by atoms with Crippen LogP contribution in [0.25, 0.3) is 0 Å². The number of nitrogens with zero attached hydrogens (tertiary/aromatic N) is 1. The summed E-state index contributed by atoms with van der Waals surface area (Å²) in [5.74, 6) is -0.311. The van der Waals surface area contributed by atoms with E-state index in [1.807, 2.05) is 4.90 Å². The highest BCUT2D eigenvalue weighted by Crippen LogP contribution is 2.33. The SMILES string of the molecule is Cl.O=C(C1CCNCC1)N1CCOC(c2cc(F)c(Cl)cc2Cl)C1. The molecule has 1 aromatic carbocycles. The molecule has 4 nitrogen and oxygen atoms in total. The van der Waals surface area contributed by atoms with Crippen molar-refractivity contribution in [3.05, 3.63) is 33.6 Å². The van der Waals surface area contributed by atoms with Gasteiger partial charge in [0.15, 0.2) is 0 Å². The Morgan fingerprint density at radius 2 is 1.96 bits per heavy atom. The Balaban J connectivity index is 0.00000208. The van der Waals surface area contributed by atoms with E-state index in [2.05, 4.69) is 5.32 Å². The monoisotopic (exact) mass is 396 g/mol. The average molecular weight is 398 g/mol. The lowest BCUT2D eigenvalue weighted by molar-refractivity contribution is -0.144. The zero-order valence-electron chi connectivity index (χ0n) is 13.1. The third kappa shape index (κ3) is 4.33. The Labute approximate surface area is 157 Å². The lowest BCUT2D eigenvalue weighted by Gasteiger charge is -2.36. The second kappa shape index (κ2) is 8.68. The summed E-state index contributed by atoms with van der Waals surface area (Å²) in [7, 11) is 0. The molecule has 134 valence electrons. The van der Waals surface area contributed by atoms with Crippen molar-refractivity contribution in [3.8, 4) is 0 Å². The lowest BCUT2D eigenvalue weighted by atomic mass is 9.96. The first-order valence-corrected chi connectivity index (χ1v) is 8.57. The zero-order valence-corrected chi connectivity index (χ0v) is 15.4. The fraction of sp³-hybridized carbons (Fsp3) is 0.562. The molecule has 2 aliphatic rings. The van der Waals surface area contributed by atoms with E-state index in [-0.39, 0.29) is 29.3 Å². The minimum atomic E-state index is -0.531. The summed E-state index contributed by atoms with van der Waals surface area (Å²) in [6.45, 7) is 3.12. The van der Waals surface area contributed by atoms with Gasteiger partial charge in [-0.3, -0.25) is 4.79 Å². The zero-order chi connectivity index (χ0) is 16.4. The lowest BCUT2D eigenvalue weighted by Crippen LogP contribution is -2.47. The molecule has 2 fully saturated rings. The van der Waals surface area contributed by atoms with E-state index < -0.39 is 11.9 Å². The Bertz CT molecular complexity index is 597. The number of carbonyl (C=O) groups excluding carboxylic acids is 1. The Kier molecular flexibility index (Phi) is 7.13. The summed E-state index contributed by atoms with van der Waals surface area (Å²) in [6, 6.07) is 2.68. The van der Waals surface area contributed by atoms with Crippen molar-refractivity contribution in [3.63, 3.8) is 0 Å². The first kappa shape index (κ1) is 19.7. The standard InChI is InChI=1S/C16H19Cl2FN2O2.ClH/c17-12-8-13(18)14(19)7-11(12)15-9-21(5-6-23-15)16(22)10-1-3-20-4-2-10;/h7-8,10,15,20H,1-6,9H2;1H. The van der Waals surface area contributed by atoms with Crippen LogP contribution in [-0.2, 0) is 9.53 Å². The summed E-state index contributed by atoms with van der Waals surface area (Å²) in [5.41, 5.74) is 0.538. The highest BCUT2D eigenvalue weighted by atomic mass is 35.5. The maximum atomic E-state index is 13.7. The molecule has 2 saturated heterocycles. The molecule has 1 N–H and O–H groups in total. The topological polar surface area (TPSA) is 41.6 Å². The van der Waals surface area contributed by atoms with Crippen LogP contribution >= 0.6 is 35.6 Å². The molecule has 1 atom stereocenters. The molecule has 2 aliphatic heterocycles. The average Bonchev–Trinajstić information content (AvgIpc) is 2.58. The Hall–Kier alpha value is -0.590. The summed E-state index contributed by atoms with van der Waals surface area (Å²) < 4.78 is 19.4. The van der Waals surface area contributed by atoms with Crippen molar-refractivity contribution < 1.29 is 13.9 Å². The van der Waals surface area contributed by atoms with Crippen LogP contribution in [0.4, 0.5) is 4.39 Å². The molecular formula is C16H20Cl3FN2O2. The van der Waals surface area contributed by atoms with Crippen molar-refractivity contribution in [1.82, 2.24) is 10.2 Å². The van der Waals surface area contributed by atoms with Crippen LogP contribution in [0.2, 0.25) is 10.0 Å². The van der Waals surface area contributed by atoms with Gasteiger partial charge in [0.25, 0.3) is 0 Å². The summed E-state index contributed by atoms with van der Waals surface area (Å²) in [4.78, 5) is 14.5. The molecule has 1 amide bonds. The normalized spacial score (nSPS) is 22.1. The number of ether oxygens (including phenoxy) is 1. The number of amides is 1. The Morgan fingerprint density at radius 3 is 2.67 bits per heavy atom. The maximum absolute atomic E-state index is 13.7. The second-order valence-corrected chi connectivity index (χ2v) is 6.77. The van der Waals surface area contributed by atoms with Crippen molar-refractivity contribution in [2.45, 2.75) is 18.9 Å². The Morgan fingerprint density at radius 1 is 1.25 bits per heavy atom. The number of nitrogens with one attached hydrogen (secondary N) is 1. The van der Waals surface area contributed by atoms with Gasteiger partial charge >= 0.3 is 0 Å². The molecular weight excluding hydrogens is 378 g/mol. The van der Waals surface area contributed by atoms with Gasteiger partial charge in [-0.15, -0.1) is 12.4 Å². The van der Waals surface area contributed by atoms with Gasteiger partial charge in [-0.1, -0.05) is 23.2 Å². The van der Waals surface area contributed by atoms with Gasteiger partial charge in [-0.25, -0.2) is 4.39 Å². The summed E-state index contributed by atoms with van der Waals surface area (Å²) in [5, 5.41) is 3.60. The molecule has 0 radical (unpaired) electrons.